The molecule has 0 aromatic rings. The van der Waals surface area contributed by atoms with Crippen LogP contribution in [-0.2, 0) is 9.59 Å². The number of carbonyl (C=O) groups is 2. The molecule has 2 fully saturated rings. The van der Waals surface area contributed by atoms with E-state index in [1.54, 1.807) is 7.05 Å². The van der Waals surface area contributed by atoms with Crippen LogP contribution < -0.4 is 10.6 Å². The topological polar surface area (TPSA) is 61.4 Å². The fraction of sp³-hybridized carbons (Fsp3) is 0.875. The van der Waals surface area contributed by atoms with Crippen LogP contribution in [0.1, 0.15) is 58.8 Å². The minimum atomic E-state index is -0.639. The molecule has 1 saturated carbocycles. The van der Waals surface area contributed by atoms with Crippen molar-refractivity contribution in [2.24, 2.45) is 0 Å². The zero-order valence-corrected chi connectivity index (χ0v) is 13.6. The smallest absolute Gasteiger partial charge is 0.239 e. The number of likely N-dealkylation sites (tertiary alicyclic amines) is 1. The van der Waals surface area contributed by atoms with Crippen molar-refractivity contribution in [3.63, 3.8) is 0 Å². The average molecular weight is 295 g/mol. The molecule has 1 aliphatic carbocycles. The maximum absolute atomic E-state index is 12.6. The third-order valence-electron chi connectivity index (χ3n) is 5.01. The Labute approximate surface area is 127 Å². The number of rotatable bonds is 4. The SMILES string of the molecule is CNC(=O)C(C)(C)N1CCC[C@H]1C(=O)NC1CCCCC1. The monoisotopic (exact) mass is 295 g/mol. The Kier molecular flexibility index (Phi) is 5.25. The Morgan fingerprint density at radius 2 is 1.71 bits per heavy atom. The fourth-order valence-electron chi connectivity index (χ4n) is 3.69. The van der Waals surface area contributed by atoms with E-state index >= 15 is 0 Å². The maximum Gasteiger partial charge on any atom is 0.239 e. The predicted octanol–water partition coefficient (Wildman–Crippen LogP) is 1.42. The fourth-order valence-corrected chi connectivity index (χ4v) is 3.69. The maximum atomic E-state index is 12.6. The highest BCUT2D eigenvalue weighted by Crippen LogP contribution is 2.28. The second kappa shape index (κ2) is 6.77. The molecule has 0 bridgehead atoms. The molecule has 5 nitrogen and oxygen atoms in total. The van der Waals surface area contributed by atoms with Gasteiger partial charge in [-0.15, -0.1) is 0 Å². The highest BCUT2D eigenvalue weighted by atomic mass is 16.2. The summed E-state index contributed by atoms with van der Waals surface area (Å²) >= 11 is 0. The first-order chi connectivity index (χ1) is 9.96. The summed E-state index contributed by atoms with van der Waals surface area (Å²) in [5, 5.41) is 5.92. The lowest BCUT2D eigenvalue weighted by Crippen LogP contribution is -2.59. The Balaban J connectivity index is 2.00. The number of nitrogens with zero attached hydrogens (tertiary/aromatic N) is 1. The second-order valence-electron chi connectivity index (χ2n) is 6.83. The molecule has 1 atom stereocenters. The Morgan fingerprint density at radius 3 is 2.33 bits per heavy atom. The minimum Gasteiger partial charge on any atom is -0.358 e. The molecule has 0 unspecified atom stereocenters. The van der Waals surface area contributed by atoms with E-state index in [9.17, 15) is 9.59 Å². The zero-order valence-electron chi connectivity index (χ0n) is 13.6. The zero-order chi connectivity index (χ0) is 15.5. The number of hydrogen-bond acceptors (Lipinski definition) is 3. The van der Waals surface area contributed by atoms with Gasteiger partial charge in [-0.3, -0.25) is 14.5 Å². The Hall–Kier alpha value is -1.10. The first kappa shape index (κ1) is 16.3. The van der Waals surface area contributed by atoms with Gasteiger partial charge in [-0.2, -0.15) is 0 Å². The molecule has 2 aliphatic rings. The largest absolute Gasteiger partial charge is 0.358 e. The average Bonchev–Trinajstić information content (AvgIpc) is 2.97. The normalized spacial score (nSPS) is 24.8. The molecule has 0 aromatic heterocycles. The third-order valence-corrected chi connectivity index (χ3v) is 5.01. The van der Waals surface area contributed by atoms with Crippen molar-refractivity contribution in [3.05, 3.63) is 0 Å². The number of amides is 2. The van der Waals surface area contributed by atoms with E-state index in [2.05, 4.69) is 15.5 Å². The molecule has 1 saturated heterocycles. The van der Waals surface area contributed by atoms with Crippen LogP contribution in [0.15, 0.2) is 0 Å². The van der Waals surface area contributed by atoms with Crippen molar-refractivity contribution in [1.82, 2.24) is 15.5 Å². The first-order valence-corrected chi connectivity index (χ1v) is 8.26. The van der Waals surface area contributed by atoms with Crippen molar-refractivity contribution in [1.29, 1.82) is 0 Å². The quantitative estimate of drug-likeness (QED) is 0.824. The molecular weight excluding hydrogens is 266 g/mol. The van der Waals surface area contributed by atoms with E-state index in [1.807, 2.05) is 13.8 Å². The summed E-state index contributed by atoms with van der Waals surface area (Å²) in [6.07, 6.45) is 7.72. The van der Waals surface area contributed by atoms with E-state index in [0.29, 0.717) is 6.04 Å². The lowest BCUT2D eigenvalue weighted by atomic mass is 9.95. The molecule has 0 radical (unpaired) electrons. The van der Waals surface area contributed by atoms with Gasteiger partial charge in [0.2, 0.25) is 11.8 Å². The summed E-state index contributed by atoms with van der Waals surface area (Å²) in [7, 11) is 1.65. The van der Waals surface area contributed by atoms with Gasteiger partial charge in [-0.25, -0.2) is 0 Å². The highest BCUT2D eigenvalue weighted by molar-refractivity contribution is 5.88. The van der Waals surface area contributed by atoms with Crippen molar-refractivity contribution >= 4 is 11.8 Å². The summed E-state index contributed by atoms with van der Waals surface area (Å²) in [4.78, 5) is 26.8. The summed E-state index contributed by atoms with van der Waals surface area (Å²) in [5.74, 6) is 0.0799. The van der Waals surface area contributed by atoms with Gasteiger partial charge < -0.3 is 10.6 Å². The van der Waals surface area contributed by atoms with Crippen LogP contribution in [0, 0.1) is 0 Å². The first-order valence-electron chi connectivity index (χ1n) is 8.26. The lowest BCUT2D eigenvalue weighted by molar-refractivity contribution is -0.136. The molecule has 1 heterocycles. The number of carbonyl (C=O) groups excluding carboxylic acids is 2. The van der Waals surface area contributed by atoms with E-state index < -0.39 is 5.54 Å². The van der Waals surface area contributed by atoms with Crippen LogP contribution in [0.25, 0.3) is 0 Å². The Bertz CT molecular complexity index is 389. The summed E-state index contributed by atoms with van der Waals surface area (Å²) < 4.78 is 0. The highest BCUT2D eigenvalue weighted by Gasteiger charge is 2.43. The summed E-state index contributed by atoms with van der Waals surface area (Å²) in [6.45, 7) is 4.61. The molecule has 1 aliphatic heterocycles. The van der Waals surface area contributed by atoms with E-state index in [0.717, 1.165) is 32.2 Å². The van der Waals surface area contributed by atoms with Crippen LogP contribution >= 0.6 is 0 Å². The standard InChI is InChI=1S/C16H29N3O2/c1-16(2,15(21)17-3)19-11-7-10-13(19)14(20)18-12-8-5-4-6-9-12/h12-13H,4-11H2,1-3H3,(H,17,21)(H,18,20)/t13-/m0/s1. The minimum absolute atomic E-state index is 0.0279. The molecule has 2 N–H and O–H groups in total. The molecule has 2 amide bonds. The van der Waals surface area contributed by atoms with Crippen molar-refractivity contribution in [2.75, 3.05) is 13.6 Å². The predicted molar refractivity (Wildman–Crippen MR) is 82.9 cm³/mol. The van der Waals surface area contributed by atoms with Crippen LogP contribution in [0.3, 0.4) is 0 Å². The van der Waals surface area contributed by atoms with Crippen molar-refractivity contribution in [2.45, 2.75) is 76.4 Å². The molecule has 0 aromatic carbocycles. The van der Waals surface area contributed by atoms with Gasteiger partial charge in [0, 0.05) is 19.6 Å². The van der Waals surface area contributed by atoms with Gasteiger partial charge >= 0.3 is 0 Å². The Morgan fingerprint density at radius 1 is 1.05 bits per heavy atom. The van der Waals surface area contributed by atoms with Gasteiger partial charge in [0.1, 0.15) is 0 Å². The summed E-state index contributed by atoms with van der Waals surface area (Å²) in [6, 6.07) is 0.163. The van der Waals surface area contributed by atoms with Crippen LogP contribution in [0.2, 0.25) is 0 Å². The van der Waals surface area contributed by atoms with Gasteiger partial charge in [-0.1, -0.05) is 19.3 Å². The van der Waals surface area contributed by atoms with Gasteiger partial charge in [0.25, 0.3) is 0 Å². The molecule has 2 rings (SSSR count). The van der Waals surface area contributed by atoms with Crippen molar-refractivity contribution in [3.8, 4) is 0 Å². The van der Waals surface area contributed by atoms with E-state index in [1.165, 1.54) is 19.3 Å². The number of likely N-dealkylation sites (N-methyl/N-ethyl adjacent to an activating group) is 1. The van der Waals surface area contributed by atoms with Gasteiger partial charge in [0.05, 0.1) is 11.6 Å². The molecule has 120 valence electrons. The van der Waals surface area contributed by atoms with Crippen LogP contribution in [0.4, 0.5) is 0 Å². The summed E-state index contributed by atoms with van der Waals surface area (Å²) in [5.41, 5.74) is -0.639. The number of hydrogen-bond donors (Lipinski definition) is 2. The van der Waals surface area contributed by atoms with Crippen LogP contribution in [0.5, 0.6) is 0 Å². The van der Waals surface area contributed by atoms with Crippen molar-refractivity contribution < 1.29 is 9.59 Å². The van der Waals surface area contributed by atoms with Gasteiger partial charge in [-0.05, 0) is 39.5 Å². The van der Waals surface area contributed by atoms with E-state index in [-0.39, 0.29) is 17.9 Å². The van der Waals surface area contributed by atoms with Gasteiger partial charge in [0.15, 0.2) is 0 Å². The molecule has 21 heavy (non-hydrogen) atoms. The molecule has 5 heteroatoms. The lowest BCUT2D eigenvalue weighted by Gasteiger charge is -2.38. The van der Waals surface area contributed by atoms with Crippen LogP contribution in [-0.4, -0.2) is 47.9 Å². The number of nitrogens with one attached hydrogen (secondary N) is 2. The third kappa shape index (κ3) is 3.57. The van der Waals surface area contributed by atoms with E-state index in [4.69, 9.17) is 0 Å². The second-order valence-corrected chi connectivity index (χ2v) is 6.83. The molecular formula is C16H29N3O2. The molecule has 0 spiro atoms.